The third-order valence-electron chi connectivity index (χ3n) is 1.61. The minimum absolute atomic E-state index is 0.797. The number of hydrogen-bond donors (Lipinski definition) is 0. The topological polar surface area (TPSA) is 38.2 Å². The highest BCUT2D eigenvalue weighted by Crippen LogP contribution is 2.16. The molecule has 0 aromatic carbocycles. The first-order valence-electron chi connectivity index (χ1n) is 3.49. The Morgan fingerprint density at radius 2 is 2.27 bits per heavy atom. The molecule has 2 rings (SSSR count). The second kappa shape index (κ2) is 3.15. The average Bonchev–Trinajstić information content (AvgIpc) is 2.58. The van der Waals surface area contributed by atoms with Crippen LogP contribution in [0.2, 0.25) is 0 Å². The lowest BCUT2D eigenvalue weighted by Gasteiger charge is -2.25. The molecule has 1 aliphatic heterocycles. The standard InChI is InChI=1S/C6H8N3OS/c1-3-10-4-2-9(1)6-5-7-8-11-6/h1-4H2. The first-order valence-corrected chi connectivity index (χ1v) is 4.27. The Morgan fingerprint density at radius 1 is 1.45 bits per heavy atom. The lowest BCUT2D eigenvalue weighted by Crippen LogP contribution is -2.35. The van der Waals surface area contributed by atoms with Gasteiger partial charge >= 0.3 is 0 Å². The zero-order valence-corrected chi connectivity index (χ0v) is 6.80. The Balaban J connectivity index is 2.04. The number of rotatable bonds is 1. The highest BCUT2D eigenvalue weighted by molar-refractivity contribution is 7.09. The molecule has 0 bridgehead atoms. The SMILES string of the molecule is [c]1nnsc1N1CCOCC1. The predicted octanol–water partition coefficient (Wildman–Crippen LogP) is 0.175. The monoisotopic (exact) mass is 170 g/mol. The molecule has 0 atom stereocenters. The molecule has 1 saturated heterocycles. The van der Waals surface area contributed by atoms with Gasteiger partial charge in [0.05, 0.1) is 13.2 Å². The fraction of sp³-hybridized carbons (Fsp3) is 0.667. The lowest BCUT2D eigenvalue weighted by molar-refractivity contribution is 0.123. The fourth-order valence-electron chi connectivity index (χ4n) is 1.04. The number of nitrogens with zero attached hydrogens (tertiary/aromatic N) is 3. The molecule has 5 heteroatoms. The number of aromatic nitrogens is 2. The molecule has 0 unspecified atom stereocenters. The van der Waals surface area contributed by atoms with E-state index in [-0.39, 0.29) is 0 Å². The minimum Gasteiger partial charge on any atom is -0.378 e. The Morgan fingerprint density at radius 3 is 2.91 bits per heavy atom. The van der Waals surface area contributed by atoms with Gasteiger partial charge in [-0.25, -0.2) is 0 Å². The van der Waals surface area contributed by atoms with E-state index in [9.17, 15) is 0 Å². The summed E-state index contributed by atoms with van der Waals surface area (Å²) in [4.78, 5) is 2.19. The molecule has 0 spiro atoms. The van der Waals surface area contributed by atoms with E-state index in [1.807, 2.05) is 0 Å². The van der Waals surface area contributed by atoms with Gasteiger partial charge in [-0.1, -0.05) is 4.49 Å². The molecule has 1 aromatic heterocycles. The van der Waals surface area contributed by atoms with Crippen LogP contribution in [0.15, 0.2) is 0 Å². The number of anilines is 1. The van der Waals surface area contributed by atoms with Gasteiger partial charge < -0.3 is 9.64 Å². The number of morpholine rings is 1. The van der Waals surface area contributed by atoms with E-state index in [4.69, 9.17) is 4.74 Å². The maximum Gasteiger partial charge on any atom is 0.153 e. The molecule has 1 radical (unpaired) electrons. The van der Waals surface area contributed by atoms with Crippen molar-refractivity contribution in [3.8, 4) is 0 Å². The van der Waals surface area contributed by atoms with Gasteiger partial charge in [0.1, 0.15) is 5.00 Å². The zero-order chi connectivity index (χ0) is 7.52. The Kier molecular flexibility index (Phi) is 2.00. The molecule has 0 saturated carbocycles. The highest BCUT2D eigenvalue weighted by Gasteiger charge is 2.12. The Bertz CT molecular complexity index is 208. The normalized spacial score (nSPS) is 18.7. The van der Waals surface area contributed by atoms with Gasteiger partial charge in [-0.3, -0.25) is 0 Å². The van der Waals surface area contributed by atoms with Crippen molar-refractivity contribution in [2.24, 2.45) is 0 Å². The molecule has 2 heterocycles. The van der Waals surface area contributed by atoms with Crippen molar-refractivity contribution in [2.75, 3.05) is 31.2 Å². The van der Waals surface area contributed by atoms with Crippen LogP contribution in [-0.2, 0) is 4.74 Å². The van der Waals surface area contributed by atoms with Crippen molar-refractivity contribution < 1.29 is 4.74 Å². The summed E-state index contributed by atoms with van der Waals surface area (Å²) in [7, 11) is 0. The Hall–Kier alpha value is -0.680. The van der Waals surface area contributed by atoms with E-state index in [0.717, 1.165) is 31.3 Å². The van der Waals surface area contributed by atoms with Gasteiger partial charge in [0, 0.05) is 24.6 Å². The predicted molar refractivity (Wildman–Crippen MR) is 41.8 cm³/mol. The maximum atomic E-state index is 5.21. The summed E-state index contributed by atoms with van der Waals surface area (Å²) in [6.45, 7) is 3.46. The fourth-order valence-corrected chi connectivity index (χ4v) is 1.58. The van der Waals surface area contributed by atoms with Crippen LogP contribution < -0.4 is 4.90 Å². The first kappa shape index (κ1) is 7.00. The average molecular weight is 170 g/mol. The van der Waals surface area contributed by atoms with Gasteiger partial charge in [0.2, 0.25) is 0 Å². The molecular weight excluding hydrogens is 162 g/mol. The second-order valence-electron chi connectivity index (χ2n) is 2.29. The molecule has 1 fully saturated rings. The smallest absolute Gasteiger partial charge is 0.153 e. The largest absolute Gasteiger partial charge is 0.378 e. The van der Waals surface area contributed by atoms with Crippen molar-refractivity contribution in [2.45, 2.75) is 0 Å². The maximum absolute atomic E-state index is 5.21. The second-order valence-corrected chi connectivity index (χ2v) is 3.02. The van der Waals surface area contributed by atoms with E-state index in [0.29, 0.717) is 0 Å². The summed E-state index contributed by atoms with van der Waals surface area (Å²) in [5.41, 5.74) is 0. The van der Waals surface area contributed by atoms with E-state index in [1.165, 1.54) is 11.5 Å². The molecule has 0 N–H and O–H groups in total. The van der Waals surface area contributed by atoms with Crippen LogP contribution >= 0.6 is 11.5 Å². The molecule has 11 heavy (non-hydrogen) atoms. The van der Waals surface area contributed by atoms with Crippen LogP contribution in [0.1, 0.15) is 0 Å². The Labute approximate surface area is 68.9 Å². The number of ether oxygens (including phenoxy) is 1. The molecule has 1 aliphatic rings. The van der Waals surface area contributed by atoms with Crippen LogP contribution in [-0.4, -0.2) is 35.9 Å². The van der Waals surface area contributed by atoms with Gasteiger partial charge in [0.15, 0.2) is 6.20 Å². The van der Waals surface area contributed by atoms with E-state index in [1.54, 1.807) is 0 Å². The summed E-state index contributed by atoms with van der Waals surface area (Å²) in [5, 5.41) is 4.68. The quantitative estimate of drug-likeness (QED) is 0.602. The molecule has 1 aromatic rings. The van der Waals surface area contributed by atoms with Crippen LogP contribution in [0.25, 0.3) is 0 Å². The van der Waals surface area contributed by atoms with Gasteiger partial charge in [-0.05, 0) is 0 Å². The van der Waals surface area contributed by atoms with Gasteiger partial charge in [-0.15, -0.1) is 5.10 Å². The van der Waals surface area contributed by atoms with Crippen molar-refractivity contribution >= 4 is 16.5 Å². The molecule has 0 aliphatic carbocycles. The van der Waals surface area contributed by atoms with Crippen molar-refractivity contribution in [1.82, 2.24) is 9.59 Å². The van der Waals surface area contributed by atoms with E-state index >= 15 is 0 Å². The van der Waals surface area contributed by atoms with Gasteiger partial charge in [0.25, 0.3) is 0 Å². The molecule has 0 amide bonds. The highest BCUT2D eigenvalue weighted by atomic mass is 32.1. The minimum atomic E-state index is 0.797. The van der Waals surface area contributed by atoms with E-state index < -0.39 is 0 Å². The summed E-state index contributed by atoms with van der Waals surface area (Å²) in [6, 6.07) is 0. The lowest BCUT2D eigenvalue weighted by atomic mass is 10.4. The van der Waals surface area contributed by atoms with Crippen molar-refractivity contribution in [3.05, 3.63) is 6.20 Å². The third-order valence-corrected chi connectivity index (χ3v) is 2.30. The van der Waals surface area contributed by atoms with Crippen molar-refractivity contribution in [1.29, 1.82) is 0 Å². The van der Waals surface area contributed by atoms with E-state index in [2.05, 4.69) is 20.7 Å². The van der Waals surface area contributed by atoms with Crippen LogP contribution in [0.5, 0.6) is 0 Å². The first-order chi connectivity index (χ1) is 5.47. The molecular formula is C6H8N3OS. The third kappa shape index (κ3) is 1.49. The molecule has 4 nitrogen and oxygen atoms in total. The van der Waals surface area contributed by atoms with Crippen molar-refractivity contribution in [3.63, 3.8) is 0 Å². The number of hydrogen-bond acceptors (Lipinski definition) is 5. The van der Waals surface area contributed by atoms with Crippen LogP contribution in [0.3, 0.4) is 0 Å². The summed E-state index contributed by atoms with van der Waals surface area (Å²) < 4.78 is 8.96. The molecule has 59 valence electrons. The van der Waals surface area contributed by atoms with Crippen LogP contribution in [0.4, 0.5) is 5.00 Å². The summed E-state index contributed by atoms with van der Waals surface area (Å²) >= 11 is 1.38. The summed E-state index contributed by atoms with van der Waals surface area (Å²) in [5.74, 6) is 0. The zero-order valence-electron chi connectivity index (χ0n) is 5.99. The summed E-state index contributed by atoms with van der Waals surface area (Å²) in [6.07, 6.45) is 2.83. The van der Waals surface area contributed by atoms with Crippen LogP contribution in [0, 0.1) is 6.20 Å². The van der Waals surface area contributed by atoms with Gasteiger partial charge in [-0.2, -0.15) is 0 Å².